The number of nitrogens with one attached hydrogen (secondary N) is 2. The van der Waals surface area contributed by atoms with E-state index in [4.69, 9.17) is 5.73 Å². The van der Waals surface area contributed by atoms with Crippen LogP contribution in [0.2, 0.25) is 0 Å². The monoisotopic (exact) mass is 267 g/mol. The first kappa shape index (κ1) is 14.8. The van der Waals surface area contributed by atoms with Crippen LogP contribution in [0.3, 0.4) is 0 Å². The molecule has 0 saturated carbocycles. The summed E-state index contributed by atoms with van der Waals surface area (Å²) in [4.78, 5) is 22.1. The number of thiocarbonyl (C=S) groups is 1. The summed E-state index contributed by atoms with van der Waals surface area (Å²) >= 11 is 4.49. The lowest BCUT2D eigenvalue weighted by atomic mass is 10.5. The molecule has 0 radical (unpaired) electrons. The van der Waals surface area contributed by atoms with Crippen LogP contribution in [0.5, 0.6) is 0 Å². The molecule has 0 aliphatic rings. The maximum Gasteiger partial charge on any atom is 0.309 e. The van der Waals surface area contributed by atoms with E-state index in [1.807, 2.05) is 0 Å². The molecule has 16 heavy (non-hydrogen) atoms. The third kappa shape index (κ3) is 8.12. The number of hydrogen-bond donors (Lipinski definition) is 3. The molecule has 92 valence electrons. The molecule has 7 nitrogen and oxygen atoms in total. The third-order valence-corrected chi connectivity index (χ3v) is 2.48. The lowest BCUT2D eigenvalue weighted by Crippen LogP contribution is -2.43. The van der Waals surface area contributed by atoms with Crippen molar-refractivity contribution in [2.75, 3.05) is 25.1 Å². The van der Waals surface area contributed by atoms with Crippen LogP contribution in [0.1, 0.15) is 0 Å². The molecule has 0 unspecified atom stereocenters. The summed E-state index contributed by atoms with van der Waals surface area (Å²) in [6, 6.07) is 0. The minimum atomic E-state index is -3.16. The lowest BCUT2D eigenvalue weighted by Gasteiger charge is -2.04. The van der Waals surface area contributed by atoms with Gasteiger partial charge in [-0.2, -0.15) is 0 Å². The maximum atomic E-state index is 11.0. The van der Waals surface area contributed by atoms with Gasteiger partial charge in [0, 0.05) is 12.8 Å². The fourth-order valence-corrected chi connectivity index (χ4v) is 1.22. The largest absolute Gasteiger partial charge is 0.392 e. The minimum absolute atomic E-state index is 0.0530. The van der Waals surface area contributed by atoms with Crippen molar-refractivity contribution in [2.24, 2.45) is 5.73 Å². The quantitative estimate of drug-likeness (QED) is 0.376. The molecule has 0 aromatic carbocycles. The molecule has 0 fully saturated rings. The molecule has 0 bridgehead atoms. The first-order valence-corrected chi connectivity index (χ1v) is 6.71. The van der Waals surface area contributed by atoms with Crippen LogP contribution in [0.25, 0.3) is 0 Å². The van der Waals surface area contributed by atoms with E-state index in [0.29, 0.717) is 0 Å². The number of amides is 2. The molecule has 0 aliphatic carbocycles. The number of rotatable bonds is 5. The topological polar surface area (TPSA) is 118 Å². The van der Waals surface area contributed by atoms with E-state index >= 15 is 0 Å². The SMILES string of the molecule is CS(=O)(=O)CCNC(=O)C(=O)NCC(N)=S. The second-order valence-electron chi connectivity index (χ2n) is 3.03. The zero-order valence-electron chi connectivity index (χ0n) is 8.65. The normalized spacial score (nSPS) is 10.6. The van der Waals surface area contributed by atoms with Gasteiger partial charge >= 0.3 is 11.8 Å². The van der Waals surface area contributed by atoms with Gasteiger partial charge in [0.1, 0.15) is 9.84 Å². The van der Waals surface area contributed by atoms with E-state index in [0.717, 1.165) is 6.26 Å². The van der Waals surface area contributed by atoms with E-state index in [9.17, 15) is 18.0 Å². The highest BCUT2D eigenvalue weighted by Gasteiger charge is 2.13. The summed E-state index contributed by atoms with van der Waals surface area (Å²) in [7, 11) is -3.16. The fourth-order valence-electron chi connectivity index (χ4n) is 0.678. The molecule has 0 aromatic heterocycles. The number of carbonyl (C=O) groups excluding carboxylic acids is 2. The number of nitrogens with two attached hydrogens (primary N) is 1. The zero-order chi connectivity index (χ0) is 12.8. The van der Waals surface area contributed by atoms with Crippen molar-refractivity contribution in [3.8, 4) is 0 Å². The van der Waals surface area contributed by atoms with Crippen molar-refractivity contribution in [2.45, 2.75) is 0 Å². The second-order valence-corrected chi connectivity index (χ2v) is 5.82. The van der Waals surface area contributed by atoms with E-state index < -0.39 is 21.7 Å². The average molecular weight is 267 g/mol. The van der Waals surface area contributed by atoms with Gasteiger partial charge in [-0.15, -0.1) is 0 Å². The lowest BCUT2D eigenvalue weighted by molar-refractivity contribution is -0.138. The average Bonchev–Trinajstić information content (AvgIpc) is 2.11. The molecule has 0 atom stereocenters. The van der Waals surface area contributed by atoms with Gasteiger partial charge in [-0.1, -0.05) is 12.2 Å². The van der Waals surface area contributed by atoms with Gasteiger partial charge in [0.25, 0.3) is 0 Å². The summed E-state index contributed by atoms with van der Waals surface area (Å²) in [5, 5.41) is 4.31. The van der Waals surface area contributed by atoms with Crippen LogP contribution in [0.4, 0.5) is 0 Å². The molecule has 0 saturated heterocycles. The molecule has 0 rings (SSSR count). The number of carbonyl (C=O) groups is 2. The van der Waals surface area contributed by atoms with E-state index in [-0.39, 0.29) is 23.8 Å². The Hall–Kier alpha value is -1.22. The molecule has 0 aromatic rings. The summed E-state index contributed by atoms with van der Waals surface area (Å²) in [5.41, 5.74) is 5.10. The Morgan fingerprint density at radius 1 is 1.25 bits per heavy atom. The summed E-state index contributed by atoms with van der Waals surface area (Å²) in [5.74, 6) is -2.04. The predicted molar refractivity (Wildman–Crippen MR) is 62.5 cm³/mol. The van der Waals surface area contributed by atoms with Gasteiger partial charge in [-0.25, -0.2) is 8.42 Å². The predicted octanol–water partition coefficient (Wildman–Crippen LogP) is -2.45. The minimum Gasteiger partial charge on any atom is -0.392 e. The van der Waals surface area contributed by atoms with Crippen LogP contribution < -0.4 is 16.4 Å². The van der Waals surface area contributed by atoms with Crippen molar-refractivity contribution >= 4 is 38.9 Å². The fraction of sp³-hybridized carbons (Fsp3) is 0.571. The Morgan fingerprint density at radius 2 is 1.75 bits per heavy atom. The van der Waals surface area contributed by atoms with Gasteiger partial charge in [0.05, 0.1) is 17.3 Å². The Balaban J connectivity index is 3.89. The highest BCUT2D eigenvalue weighted by atomic mass is 32.2. The van der Waals surface area contributed by atoms with Crippen molar-refractivity contribution in [3.05, 3.63) is 0 Å². The molecule has 4 N–H and O–H groups in total. The Kier molecular flexibility index (Phi) is 5.89. The molecule has 0 heterocycles. The summed E-state index contributed by atoms with van der Waals surface area (Å²) in [6.07, 6.45) is 1.03. The van der Waals surface area contributed by atoms with E-state index in [1.54, 1.807) is 0 Å². The summed E-state index contributed by atoms with van der Waals surface area (Å²) in [6.45, 7) is -0.189. The zero-order valence-corrected chi connectivity index (χ0v) is 10.3. The second kappa shape index (κ2) is 6.38. The first-order chi connectivity index (χ1) is 7.22. The standard InChI is InChI=1S/C7H13N3O4S2/c1-16(13,14)3-2-9-6(11)7(12)10-4-5(8)15/h2-4H2,1H3,(H2,8,15)(H,9,11)(H,10,12). The molecule has 0 spiro atoms. The van der Waals surface area contributed by atoms with Gasteiger partial charge in [0.2, 0.25) is 0 Å². The Bertz CT molecular complexity index is 390. The van der Waals surface area contributed by atoms with Gasteiger partial charge in [-0.3, -0.25) is 9.59 Å². The van der Waals surface area contributed by atoms with Crippen LogP contribution in [-0.2, 0) is 19.4 Å². The molecule has 2 amide bonds. The van der Waals surface area contributed by atoms with Gasteiger partial charge < -0.3 is 16.4 Å². The number of hydrogen-bond acceptors (Lipinski definition) is 5. The number of sulfone groups is 1. The van der Waals surface area contributed by atoms with Crippen molar-refractivity contribution in [1.29, 1.82) is 0 Å². The van der Waals surface area contributed by atoms with Crippen LogP contribution >= 0.6 is 12.2 Å². The molecular formula is C7H13N3O4S2. The van der Waals surface area contributed by atoms with Crippen LogP contribution in [0.15, 0.2) is 0 Å². The van der Waals surface area contributed by atoms with Gasteiger partial charge in [0.15, 0.2) is 0 Å². The Labute approximate surface area is 98.7 Å². The van der Waals surface area contributed by atoms with Crippen molar-refractivity contribution in [1.82, 2.24) is 10.6 Å². The maximum absolute atomic E-state index is 11.0. The van der Waals surface area contributed by atoms with Crippen molar-refractivity contribution in [3.63, 3.8) is 0 Å². The van der Waals surface area contributed by atoms with E-state index in [2.05, 4.69) is 22.9 Å². The summed E-state index contributed by atoms with van der Waals surface area (Å²) < 4.78 is 21.4. The third-order valence-electron chi connectivity index (χ3n) is 1.39. The molecular weight excluding hydrogens is 254 g/mol. The van der Waals surface area contributed by atoms with Crippen LogP contribution in [-0.4, -0.2) is 50.3 Å². The molecule has 0 aliphatic heterocycles. The Morgan fingerprint density at radius 3 is 2.19 bits per heavy atom. The van der Waals surface area contributed by atoms with Gasteiger partial charge in [-0.05, 0) is 0 Å². The highest BCUT2D eigenvalue weighted by Crippen LogP contribution is 1.79. The smallest absolute Gasteiger partial charge is 0.309 e. The van der Waals surface area contributed by atoms with Crippen LogP contribution in [0, 0.1) is 0 Å². The molecule has 9 heteroatoms. The van der Waals surface area contributed by atoms with E-state index in [1.165, 1.54) is 0 Å². The van der Waals surface area contributed by atoms with Crippen molar-refractivity contribution < 1.29 is 18.0 Å². The first-order valence-electron chi connectivity index (χ1n) is 4.24. The highest BCUT2D eigenvalue weighted by molar-refractivity contribution is 7.90.